The van der Waals surface area contributed by atoms with Crippen molar-refractivity contribution in [3.05, 3.63) is 48.0 Å². The Morgan fingerprint density at radius 3 is 2.50 bits per heavy atom. The Balaban J connectivity index is 0.00000330. The third-order valence-electron chi connectivity index (χ3n) is 8.39. The number of hydrogen-bond acceptors (Lipinski definition) is 8. The number of amidine groups is 1. The van der Waals surface area contributed by atoms with Gasteiger partial charge < -0.3 is 39.5 Å². The van der Waals surface area contributed by atoms with Crippen LogP contribution in [0.4, 0.5) is 0 Å². The van der Waals surface area contributed by atoms with Crippen molar-refractivity contribution >= 4 is 11.7 Å². The minimum atomic E-state index is -0.412. The van der Waals surface area contributed by atoms with Gasteiger partial charge in [0.2, 0.25) is 5.91 Å². The SMILES string of the molecule is C=C/C(=N\N)N1CCOC2(CCN(CCc3cccc(CCOCCC(=O)N(CCCC)CC(OC)OC)c3)CC2)C1.CC. The quantitative estimate of drug-likeness (QED) is 0.0697. The smallest absolute Gasteiger partial charge is 0.225 e. The predicted molar refractivity (Wildman–Crippen MR) is 178 cm³/mol. The second-order valence-corrected chi connectivity index (χ2v) is 11.3. The summed E-state index contributed by atoms with van der Waals surface area (Å²) in [5.74, 6) is 6.37. The second-order valence-electron chi connectivity index (χ2n) is 11.3. The van der Waals surface area contributed by atoms with Crippen molar-refractivity contribution in [2.24, 2.45) is 10.9 Å². The Labute approximate surface area is 266 Å². The van der Waals surface area contributed by atoms with Crippen LogP contribution in [0.2, 0.25) is 0 Å². The number of hydrazone groups is 1. The molecule has 2 N–H and O–H groups in total. The molecule has 1 spiro atoms. The third kappa shape index (κ3) is 12.5. The van der Waals surface area contributed by atoms with Gasteiger partial charge in [0.15, 0.2) is 6.29 Å². The van der Waals surface area contributed by atoms with Gasteiger partial charge in [-0.15, -0.1) is 0 Å². The predicted octanol–water partition coefficient (Wildman–Crippen LogP) is 4.08. The van der Waals surface area contributed by atoms with Gasteiger partial charge in [0.05, 0.1) is 38.4 Å². The van der Waals surface area contributed by atoms with E-state index in [-0.39, 0.29) is 11.5 Å². The van der Waals surface area contributed by atoms with E-state index in [1.165, 1.54) is 11.1 Å². The highest BCUT2D eigenvalue weighted by atomic mass is 16.7. The maximum Gasteiger partial charge on any atom is 0.225 e. The number of ether oxygens (including phenoxy) is 4. The molecule has 0 saturated carbocycles. The number of nitrogens with two attached hydrogens (primary N) is 1. The molecular weight excluding hydrogens is 558 g/mol. The van der Waals surface area contributed by atoms with E-state index in [0.717, 1.165) is 77.1 Å². The zero-order chi connectivity index (χ0) is 32.2. The molecule has 2 aliphatic rings. The van der Waals surface area contributed by atoms with Crippen LogP contribution in [0.1, 0.15) is 64.0 Å². The normalized spacial score (nSPS) is 17.0. The first-order valence-corrected chi connectivity index (χ1v) is 16.5. The van der Waals surface area contributed by atoms with E-state index in [1.807, 2.05) is 18.7 Å². The Morgan fingerprint density at radius 2 is 1.86 bits per heavy atom. The van der Waals surface area contributed by atoms with Crippen molar-refractivity contribution in [1.29, 1.82) is 0 Å². The van der Waals surface area contributed by atoms with Crippen molar-refractivity contribution in [3.63, 3.8) is 0 Å². The molecule has 2 heterocycles. The number of likely N-dealkylation sites (tertiary alicyclic amines) is 1. The van der Waals surface area contributed by atoms with Crippen LogP contribution in [0.5, 0.6) is 0 Å². The van der Waals surface area contributed by atoms with Crippen LogP contribution >= 0.6 is 0 Å². The lowest BCUT2D eigenvalue weighted by Gasteiger charge is -2.47. The number of carbonyl (C=O) groups excluding carboxylic acids is 1. The average molecular weight is 618 g/mol. The maximum absolute atomic E-state index is 12.8. The molecule has 1 amide bonds. The van der Waals surface area contributed by atoms with Crippen LogP contribution in [0.3, 0.4) is 0 Å². The van der Waals surface area contributed by atoms with Gasteiger partial charge in [-0.2, -0.15) is 5.10 Å². The van der Waals surface area contributed by atoms with E-state index in [0.29, 0.717) is 39.3 Å². The summed E-state index contributed by atoms with van der Waals surface area (Å²) in [5.41, 5.74) is 2.48. The van der Waals surface area contributed by atoms with E-state index in [4.69, 9.17) is 24.8 Å². The van der Waals surface area contributed by atoms with Gasteiger partial charge in [0.1, 0.15) is 5.84 Å². The molecule has 3 rings (SSSR count). The lowest BCUT2D eigenvalue weighted by Crippen LogP contribution is -2.58. The van der Waals surface area contributed by atoms with Gasteiger partial charge in [-0.05, 0) is 49.3 Å². The van der Waals surface area contributed by atoms with Crippen molar-refractivity contribution in [1.82, 2.24) is 14.7 Å². The number of carbonyl (C=O) groups is 1. The first kappa shape index (κ1) is 37.7. The van der Waals surface area contributed by atoms with Crippen molar-refractivity contribution in [2.45, 2.75) is 77.6 Å². The summed E-state index contributed by atoms with van der Waals surface area (Å²) in [6.45, 7) is 17.5. The molecule has 250 valence electrons. The minimum Gasteiger partial charge on any atom is -0.381 e. The zero-order valence-electron chi connectivity index (χ0n) is 28.1. The largest absolute Gasteiger partial charge is 0.381 e. The number of morpholine rings is 1. The molecule has 0 radical (unpaired) electrons. The summed E-state index contributed by atoms with van der Waals surface area (Å²) in [4.78, 5) is 19.3. The molecule has 10 nitrogen and oxygen atoms in total. The van der Waals surface area contributed by atoms with Crippen molar-refractivity contribution in [2.75, 3.05) is 79.9 Å². The van der Waals surface area contributed by atoms with Gasteiger partial charge in [0, 0.05) is 53.5 Å². The molecule has 1 aromatic carbocycles. The van der Waals surface area contributed by atoms with Crippen LogP contribution in [0.15, 0.2) is 42.0 Å². The fraction of sp³-hybridized carbons (Fsp3) is 0.706. The molecule has 0 aromatic heterocycles. The van der Waals surface area contributed by atoms with Gasteiger partial charge >= 0.3 is 0 Å². The number of benzene rings is 1. The van der Waals surface area contributed by atoms with Crippen LogP contribution < -0.4 is 5.84 Å². The second kappa shape index (κ2) is 21.3. The van der Waals surface area contributed by atoms with Gasteiger partial charge in [-0.25, -0.2) is 0 Å². The molecular formula is C34H59N5O5. The van der Waals surface area contributed by atoms with E-state index in [2.05, 4.69) is 52.7 Å². The number of nitrogens with zero attached hydrogens (tertiary/aromatic N) is 4. The Morgan fingerprint density at radius 1 is 1.16 bits per heavy atom. The van der Waals surface area contributed by atoms with E-state index >= 15 is 0 Å². The first-order chi connectivity index (χ1) is 21.5. The maximum atomic E-state index is 12.8. The Bertz CT molecular complexity index is 979. The van der Waals surface area contributed by atoms with Crippen LogP contribution in [0.25, 0.3) is 0 Å². The molecule has 2 aliphatic heterocycles. The number of hydrogen-bond donors (Lipinski definition) is 1. The topological polar surface area (TPSA) is 102 Å². The lowest BCUT2D eigenvalue weighted by molar-refractivity contribution is -0.146. The molecule has 0 bridgehead atoms. The third-order valence-corrected chi connectivity index (χ3v) is 8.39. The molecule has 0 atom stereocenters. The summed E-state index contributed by atoms with van der Waals surface area (Å²) in [7, 11) is 3.19. The fourth-order valence-corrected chi connectivity index (χ4v) is 5.72. The number of rotatable bonds is 17. The van der Waals surface area contributed by atoms with Crippen molar-refractivity contribution < 1.29 is 23.7 Å². The molecule has 0 aliphatic carbocycles. The standard InChI is InChI=1S/C32H53N5O5.C2H6/c1-5-7-16-36(25-31(39-3)40-4)30(38)13-22-41-21-12-28-10-8-9-27(24-28)11-17-35-18-14-32(15-19-35)26-37(20-23-42-32)29(6-2)34-33;1-2/h6,8-10,24,31H,2,5,7,11-23,25-26,33H2,1,3-4H3;1-2H3/b34-29+;. The first-order valence-electron chi connectivity index (χ1n) is 16.5. The molecule has 2 saturated heterocycles. The number of amides is 1. The molecule has 0 unspecified atom stereocenters. The fourth-order valence-electron chi connectivity index (χ4n) is 5.72. The van der Waals surface area contributed by atoms with Gasteiger partial charge in [0.25, 0.3) is 0 Å². The molecule has 2 fully saturated rings. The summed E-state index contributed by atoms with van der Waals surface area (Å²) < 4.78 is 22.7. The monoisotopic (exact) mass is 617 g/mol. The van der Waals surface area contributed by atoms with Gasteiger partial charge in [-0.1, -0.05) is 58.0 Å². The molecule has 1 aromatic rings. The highest BCUT2D eigenvalue weighted by Crippen LogP contribution is 2.30. The van der Waals surface area contributed by atoms with Crippen LogP contribution in [-0.2, 0) is 36.6 Å². The van der Waals surface area contributed by atoms with E-state index < -0.39 is 6.29 Å². The summed E-state index contributed by atoms with van der Waals surface area (Å²) in [6, 6.07) is 8.78. The minimum absolute atomic E-state index is 0.0754. The van der Waals surface area contributed by atoms with Gasteiger partial charge in [-0.3, -0.25) is 4.79 Å². The lowest BCUT2D eigenvalue weighted by atomic mass is 9.89. The van der Waals surface area contributed by atoms with E-state index in [1.54, 1.807) is 20.3 Å². The van der Waals surface area contributed by atoms with Crippen LogP contribution in [-0.4, -0.2) is 118 Å². The highest BCUT2D eigenvalue weighted by Gasteiger charge is 2.40. The molecule has 44 heavy (non-hydrogen) atoms. The number of unbranched alkanes of at least 4 members (excludes halogenated alkanes) is 1. The Kier molecular flexibility index (Phi) is 18.2. The summed E-state index contributed by atoms with van der Waals surface area (Å²) in [5, 5.41) is 3.88. The van der Waals surface area contributed by atoms with Crippen molar-refractivity contribution in [3.8, 4) is 0 Å². The number of methoxy groups -OCH3 is 2. The Hall–Kier alpha value is -2.50. The highest BCUT2D eigenvalue weighted by molar-refractivity contribution is 5.92. The average Bonchev–Trinajstić information content (AvgIpc) is 3.06. The molecule has 10 heteroatoms. The van der Waals surface area contributed by atoms with Crippen LogP contribution in [0, 0.1) is 0 Å². The summed E-state index contributed by atoms with van der Waals surface area (Å²) in [6.07, 6.45) is 7.51. The summed E-state index contributed by atoms with van der Waals surface area (Å²) >= 11 is 0. The van der Waals surface area contributed by atoms with E-state index in [9.17, 15) is 4.79 Å². The zero-order valence-corrected chi connectivity index (χ0v) is 28.1. The number of piperidine rings is 1.